The van der Waals surface area contributed by atoms with Gasteiger partial charge in [-0.1, -0.05) is 365 Å². The maximum atomic E-state index is 13.0. The Bertz CT molecular complexity index is 2150. The van der Waals surface area contributed by atoms with Crippen LogP contribution in [0.15, 0.2) is 146 Å². The average molecular weight is 1380 g/mol. The number of esters is 2. The molecule has 9 heteroatoms. The number of carbonyl (C=O) groups is 3. The molecule has 0 fully saturated rings. The second kappa shape index (κ2) is 78.9. The van der Waals surface area contributed by atoms with E-state index in [2.05, 4.69) is 160 Å². The Hall–Kier alpha value is -4.83. The largest absolute Gasteiger partial charge is 0.545 e. The van der Waals surface area contributed by atoms with Crippen molar-refractivity contribution >= 4 is 17.9 Å². The number of carbonyl (C=O) groups excluding carboxylic acids is 3. The maximum absolute atomic E-state index is 13.0. The van der Waals surface area contributed by atoms with Crippen LogP contribution in [-0.2, 0) is 33.3 Å². The van der Waals surface area contributed by atoms with Crippen molar-refractivity contribution in [1.29, 1.82) is 0 Å². The average Bonchev–Trinajstić information content (AvgIpc) is 1.57. The van der Waals surface area contributed by atoms with Gasteiger partial charge in [-0.25, -0.2) is 0 Å². The van der Waals surface area contributed by atoms with Gasteiger partial charge >= 0.3 is 11.9 Å². The molecule has 0 aliphatic carbocycles. The first-order valence-corrected chi connectivity index (χ1v) is 41.0. The molecule has 0 saturated carbocycles. The van der Waals surface area contributed by atoms with Crippen LogP contribution in [0, 0.1) is 0 Å². The molecule has 0 aliphatic rings. The maximum Gasteiger partial charge on any atom is 0.306 e. The number of carboxylic acid groups (broad SMARTS) is 1. The lowest BCUT2D eigenvalue weighted by atomic mass is 10.0. The van der Waals surface area contributed by atoms with E-state index in [1.54, 1.807) is 0 Å². The van der Waals surface area contributed by atoms with Crippen LogP contribution in [0.3, 0.4) is 0 Å². The summed E-state index contributed by atoms with van der Waals surface area (Å²) in [5.74, 6) is -2.28. The van der Waals surface area contributed by atoms with Crippen LogP contribution in [0.1, 0.15) is 348 Å². The van der Waals surface area contributed by atoms with Crippen LogP contribution in [0.25, 0.3) is 0 Å². The Morgan fingerprint density at radius 1 is 0.303 bits per heavy atom. The van der Waals surface area contributed by atoms with Crippen molar-refractivity contribution in [2.75, 3.05) is 47.5 Å². The number of ether oxygens (including phenoxy) is 4. The van der Waals surface area contributed by atoms with Gasteiger partial charge in [0.1, 0.15) is 13.2 Å². The van der Waals surface area contributed by atoms with Crippen LogP contribution in [0.2, 0.25) is 0 Å². The summed E-state index contributed by atoms with van der Waals surface area (Å²) in [5.41, 5.74) is 0. The standard InChI is InChI=1S/C90H153NO8/c1-6-8-10-12-14-16-18-20-22-24-26-28-30-32-34-36-38-40-41-42-43-44-45-46-47-49-50-52-54-56-58-60-62-64-66-68-70-72-74-76-78-80-87(92)97-84-86(85-98-90(89(94)95)96-83-82-91(3,4)5)99-88(93)81-79-77-75-73-71-69-67-65-63-61-59-57-55-53-51-48-39-37-35-33-31-29-27-25-23-21-19-17-15-13-11-9-7-2/h8-11,14-17,20-23,26-29,32-35,39,48,53,55,86,90H,6-7,12-13,18-19,24-25,30-31,36-38,40-47,49-52,54,56-85H2,1-5H3/b10-8-,11-9-,16-14-,17-15-,22-20-,23-21-,28-26-,29-27-,34-32-,35-33-,48-39-,55-53-. The van der Waals surface area contributed by atoms with Crippen LogP contribution in [0.4, 0.5) is 0 Å². The van der Waals surface area contributed by atoms with Crippen molar-refractivity contribution in [1.82, 2.24) is 0 Å². The Labute approximate surface area is 611 Å². The first kappa shape index (κ1) is 94.2. The number of carboxylic acids is 1. The summed E-state index contributed by atoms with van der Waals surface area (Å²) in [6.45, 7) is 4.54. The monoisotopic (exact) mass is 1380 g/mol. The van der Waals surface area contributed by atoms with Crippen molar-refractivity contribution in [3.63, 3.8) is 0 Å². The van der Waals surface area contributed by atoms with Crippen LogP contribution in [0.5, 0.6) is 0 Å². The molecule has 0 saturated heterocycles. The molecule has 0 aliphatic heterocycles. The molecule has 0 N–H and O–H groups in total. The molecule has 0 rings (SSSR count). The first-order valence-electron chi connectivity index (χ1n) is 41.0. The van der Waals surface area contributed by atoms with Gasteiger partial charge < -0.3 is 33.3 Å². The molecule has 0 radical (unpaired) electrons. The molecule has 0 aromatic rings. The smallest absolute Gasteiger partial charge is 0.306 e. The number of rotatable bonds is 75. The zero-order valence-corrected chi connectivity index (χ0v) is 64.8. The third kappa shape index (κ3) is 80.4. The van der Waals surface area contributed by atoms with E-state index in [9.17, 15) is 19.5 Å². The number of aliphatic carboxylic acids is 1. The van der Waals surface area contributed by atoms with Crippen LogP contribution >= 0.6 is 0 Å². The molecule has 0 heterocycles. The second-order valence-electron chi connectivity index (χ2n) is 28.3. The molecular formula is C90H153NO8. The van der Waals surface area contributed by atoms with Gasteiger partial charge in [0.2, 0.25) is 0 Å². The van der Waals surface area contributed by atoms with E-state index in [1.807, 2.05) is 21.1 Å². The molecular weight excluding hydrogens is 1220 g/mol. The number of quaternary nitrogens is 1. The summed E-state index contributed by atoms with van der Waals surface area (Å²) in [5, 5.41) is 11.9. The van der Waals surface area contributed by atoms with E-state index in [4.69, 9.17) is 18.9 Å². The number of hydrogen-bond acceptors (Lipinski definition) is 8. The van der Waals surface area contributed by atoms with Gasteiger partial charge in [0.05, 0.1) is 40.3 Å². The van der Waals surface area contributed by atoms with E-state index in [1.165, 1.54) is 193 Å². The Morgan fingerprint density at radius 2 is 0.545 bits per heavy atom. The minimum atomic E-state index is -1.63. The molecule has 99 heavy (non-hydrogen) atoms. The van der Waals surface area contributed by atoms with Crippen molar-refractivity contribution in [2.45, 2.75) is 360 Å². The zero-order valence-electron chi connectivity index (χ0n) is 64.8. The van der Waals surface area contributed by atoms with Crippen LogP contribution in [-0.4, -0.2) is 82.3 Å². The first-order chi connectivity index (χ1) is 48.6. The highest BCUT2D eigenvalue weighted by Gasteiger charge is 2.22. The molecule has 0 amide bonds. The summed E-state index contributed by atoms with van der Waals surface area (Å²) in [6, 6.07) is 0. The highest BCUT2D eigenvalue weighted by Crippen LogP contribution is 2.19. The third-order valence-corrected chi connectivity index (χ3v) is 17.6. The van der Waals surface area contributed by atoms with E-state index < -0.39 is 24.3 Å². The number of hydrogen-bond donors (Lipinski definition) is 0. The topological polar surface area (TPSA) is 111 Å². The highest BCUT2D eigenvalue weighted by molar-refractivity contribution is 5.70. The number of likely N-dealkylation sites (N-methyl/N-ethyl adjacent to an activating group) is 1. The molecule has 0 aromatic heterocycles. The van der Waals surface area contributed by atoms with E-state index >= 15 is 0 Å². The Morgan fingerprint density at radius 3 is 0.808 bits per heavy atom. The zero-order chi connectivity index (χ0) is 71.8. The fraction of sp³-hybridized carbons (Fsp3) is 0.700. The summed E-state index contributed by atoms with van der Waals surface area (Å²) in [7, 11) is 5.94. The fourth-order valence-electron chi connectivity index (χ4n) is 11.4. The number of unbranched alkanes of at least 4 members (excludes halogenated alkanes) is 36. The van der Waals surface area contributed by atoms with Gasteiger partial charge in [-0.3, -0.25) is 9.59 Å². The lowest BCUT2D eigenvalue weighted by Crippen LogP contribution is -2.44. The third-order valence-electron chi connectivity index (χ3n) is 17.6. The molecule has 2 unspecified atom stereocenters. The molecule has 0 spiro atoms. The van der Waals surface area contributed by atoms with Gasteiger partial charge in [0.15, 0.2) is 12.4 Å². The van der Waals surface area contributed by atoms with Crippen molar-refractivity contribution in [3.8, 4) is 0 Å². The van der Waals surface area contributed by atoms with Crippen molar-refractivity contribution in [3.05, 3.63) is 146 Å². The minimum absolute atomic E-state index is 0.143. The molecule has 9 nitrogen and oxygen atoms in total. The normalized spacial score (nSPS) is 13.4. The minimum Gasteiger partial charge on any atom is -0.545 e. The van der Waals surface area contributed by atoms with E-state index in [-0.39, 0.29) is 38.6 Å². The van der Waals surface area contributed by atoms with Gasteiger partial charge in [-0.05, 0) is 116 Å². The van der Waals surface area contributed by atoms with Gasteiger partial charge in [-0.2, -0.15) is 0 Å². The number of nitrogens with zero attached hydrogens (tertiary/aromatic N) is 1. The van der Waals surface area contributed by atoms with Crippen LogP contribution < -0.4 is 5.11 Å². The van der Waals surface area contributed by atoms with Gasteiger partial charge in [0.25, 0.3) is 0 Å². The SMILES string of the molecule is CC/C=C\C/C=C\C/C=C\C/C=C\C/C=C\C/C=C\C/C=C\CCCCCCCCCCCCCC(=O)OC(COC(=O)CCCCCCCCCCCCCCCCCCCCCCCCCCC/C=C\C/C=C\C/C=C\C/C=C\C/C=C\CC)COC(OCC[N+](C)(C)C)C(=O)[O-]. The van der Waals surface area contributed by atoms with Gasteiger partial charge in [0, 0.05) is 12.8 Å². The van der Waals surface area contributed by atoms with Gasteiger partial charge in [-0.15, -0.1) is 0 Å². The predicted octanol–water partition coefficient (Wildman–Crippen LogP) is 25.3. The molecule has 566 valence electrons. The molecule has 0 bridgehead atoms. The summed E-state index contributed by atoms with van der Waals surface area (Å²) in [6.07, 6.45) is 113. The lowest BCUT2D eigenvalue weighted by molar-refractivity contribution is -0.870. The van der Waals surface area contributed by atoms with Crippen molar-refractivity contribution < 1.29 is 42.9 Å². The summed E-state index contributed by atoms with van der Waals surface area (Å²) in [4.78, 5) is 37.6. The van der Waals surface area contributed by atoms with E-state index in [0.717, 1.165) is 122 Å². The summed E-state index contributed by atoms with van der Waals surface area (Å²) >= 11 is 0. The summed E-state index contributed by atoms with van der Waals surface area (Å²) < 4.78 is 22.9. The highest BCUT2D eigenvalue weighted by atomic mass is 16.7. The number of allylic oxidation sites excluding steroid dienone is 24. The van der Waals surface area contributed by atoms with Crippen molar-refractivity contribution in [2.24, 2.45) is 0 Å². The second-order valence-corrected chi connectivity index (χ2v) is 28.3. The molecule has 0 aromatic carbocycles. The fourth-order valence-corrected chi connectivity index (χ4v) is 11.4. The molecule has 2 atom stereocenters. The predicted molar refractivity (Wildman–Crippen MR) is 426 cm³/mol. The quantitative estimate of drug-likeness (QED) is 0.0195. The Kier molecular flexibility index (Phi) is 75.0. The van der Waals surface area contributed by atoms with E-state index in [0.29, 0.717) is 17.4 Å². The lowest BCUT2D eigenvalue weighted by Gasteiger charge is -2.26. The Balaban J connectivity index is 4.00.